The Hall–Kier alpha value is -1.94. The summed E-state index contributed by atoms with van der Waals surface area (Å²) in [5.41, 5.74) is 5.32. The number of thiol groups is 1. The zero-order valence-corrected chi connectivity index (χ0v) is 19.9. The molecule has 2 rings (SSSR count). The number of hydrogen-bond acceptors (Lipinski definition) is 2. The number of amides is 2. The third kappa shape index (κ3) is 8.53. The second kappa shape index (κ2) is 12.6. The summed E-state index contributed by atoms with van der Waals surface area (Å²) in [4.78, 5) is 12.2. The molecule has 0 unspecified atom stereocenters. The van der Waals surface area contributed by atoms with E-state index in [0.717, 1.165) is 5.56 Å². The van der Waals surface area contributed by atoms with E-state index in [1.165, 1.54) is 21.6 Å². The van der Waals surface area contributed by atoms with Crippen molar-refractivity contribution in [2.45, 2.75) is 77.7 Å². The first-order chi connectivity index (χ1) is 13.7. The summed E-state index contributed by atoms with van der Waals surface area (Å²) in [5, 5.41) is 5.42. The van der Waals surface area contributed by atoms with Crippen molar-refractivity contribution in [2.75, 3.05) is 6.54 Å². The summed E-state index contributed by atoms with van der Waals surface area (Å²) in [5.74, 6) is 1.68. The van der Waals surface area contributed by atoms with E-state index in [2.05, 4.69) is 64.3 Å². The van der Waals surface area contributed by atoms with E-state index < -0.39 is 0 Å². The van der Waals surface area contributed by atoms with Crippen molar-refractivity contribution in [2.24, 2.45) is 0 Å². The van der Waals surface area contributed by atoms with Crippen LogP contribution in [0, 0.1) is 0 Å². The quantitative estimate of drug-likeness (QED) is 0.444. The van der Waals surface area contributed by atoms with Crippen LogP contribution in [0.2, 0.25) is 0 Å². The molecule has 0 aliphatic rings. The second-order valence-electron chi connectivity index (χ2n) is 8.21. The zero-order chi connectivity index (χ0) is 22.0. The predicted octanol–water partition coefficient (Wildman–Crippen LogP) is 6.85. The molecule has 2 N–H and O–H groups in total. The van der Waals surface area contributed by atoms with Crippen LogP contribution in [-0.4, -0.2) is 12.6 Å². The molecule has 0 saturated heterocycles. The van der Waals surface area contributed by atoms with Gasteiger partial charge in [0.1, 0.15) is 0 Å². The summed E-state index contributed by atoms with van der Waals surface area (Å²) in [6.07, 6.45) is 0. The fourth-order valence-corrected chi connectivity index (χ4v) is 3.56. The monoisotopic (exact) mass is 414 g/mol. The highest BCUT2D eigenvalue weighted by molar-refractivity contribution is 7.80. The highest BCUT2D eigenvalue weighted by atomic mass is 32.1. The van der Waals surface area contributed by atoms with Gasteiger partial charge in [-0.05, 0) is 46.9 Å². The fraction of sp³-hybridized carbons (Fsp3) is 0.480. The number of carbonyl (C=O) groups is 1. The number of carbonyl (C=O) groups excluding carboxylic acids is 1. The average molecular weight is 415 g/mol. The van der Waals surface area contributed by atoms with Gasteiger partial charge in [-0.1, -0.05) is 84.0 Å². The Morgan fingerprint density at radius 3 is 1.79 bits per heavy atom. The smallest absolute Gasteiger partial charge is 0.315 e. The van der Waals surface area contributed by atoms with E-state index in [1.54, 1.807) is 0 Å². The van der Waals surface area contributed by atoms with E-state index >= 15 is 0 Å². The van der Waals surface area contributed by atoms with Crippen molar-refractivity contribution in [1.29, 1.82) is 0 Å². The van der Waals surface area contributed by atoms with Crippen molar-refractivity contribution < 1.29 is 4.79 Å². The largest absolute Gasteiger partial charge is 0.338 e. The number of benzene rings is 2. The van der Waals surface area contributed by atoms with Crippen molar-refractivity contribution in [3.63, 3.8) is 0 Å². The Kier molecular flexibility index (Phi) is 10.9. The minimum atomic E-state index is -0.119. The molecular weight excluding hydrogens is 376 g/mol. The van der Waals surface area contributed by atoms with Gasteiger partial charge in [0.25, 0.3) is 0 Å². The molecule has 4 heteroatoms. The topological polar surface area (TPSA) is 41.1 Å². The lowest BCUT2D eigenvalue weighted by Crippen LogP contribution is -2.34. The molecule has 0 atom stereocenters. The SMILES string of the molecule is CC(C)c1cc(C(C)C)c(S)c(C(C)C)c1.CCNC(=O)NCc1ccccc1. The maximum absolute atomic E-state index is 11.0. The first-order valence-electron chi connectivity index (χ1n) is 10.6. The molecule has 0 aliphatic carbocycles. The Morgan fingerprint density at radius 2 is 1.38 bits per heavy atom. The van der Waals surface area contributed by atoms with Crippen molar-refractivity contribution in [3.8, 4) is 0 Å². The molecule has 0 radical (unpaired) electrons. The third-order valence-electron chi connectivity index (χ3n) is 4.74. The van der Waals surface area contributed by atoms with E-state index in [4.69, 9.17) is 12.6 Å². The molecule has 0 fully saturated rings. The average Bonchev–Trinajstić information content (AvgIpc) is 2.67. The van der Waals surface area contributed by atoms with E-state index in [9.17, 15) is 4.79 Å². The molecule has 3 nitrogen and oxygen atoms in total. The van der Waals surface area contributed by atoms with Crippen LogP contribution in [0.1, 0.15) is 88.5 Å². The molecule has 0 heterocycles. The Balaban J connectivity index is 0.000000296. The molecule has 2 aromatic rings. The van der Waals surface area contributed by atoms with E-state index in [-0.39, 0.29) is 6.03 Å². The van der Waals surface area contributed by atoms with Crippen LogP contribution in [0.4, 0.5) is 4.79 Å². The van der Waals surface area contributed by atoms with E-state index in [0.29, 0.717) is 30.8 Å². The van der Waals surface area contributed by atoms with Gasteiger partial charge in [-0.3, -0.25) is 0 Å². The van der Waals surface area contributed by atoms with Crippen LogP contribution in [-0.2, 0) is 6.54 Å². The summed E-state index contributed by atoms with van der Waals surface area (Å²) in [6, 6.07) is 14.3. The fourth-order valence-electron chi connectivity index (χ4n) is 2.92. The number of urea groups is 1. The van der Waals surface area contributed by atoms with Gasteiger partial charge in [0.2, 0.25) is 0 Å². The summed E-state index contributed by atoms with van der Waals surface area (Å²) in [7, 11) is 0. The van der Waals surface area contributed by atoms with Crippen LogP contribution in [0.3, 0.4) is 0 Å². The lowest BCUT2D eigenvalue weighted by Gasteiger charge is -2.19. The lowest BCUT2D eigenvalue weighted by atomic mass is 9.89. The predicted molar refractivity (Wildman–Crippen MR) is 128 cm³/mol. The highest BCUT2D eigenvalue weighted by Crippen LogP contribution is 2.34. The minimum absolute atomic E-state index is 0.119. The molecule has 0 saturated carbocycles. The molecule has 2 aromatic carbocycles. The Morgan fingerprint density at radius 1 is 0.862 bits per heavy atom. The van der Waals surface area contributed by atoms with Crippen molar-refractivity contribution >= 4 is 18.7 Å². The van der Waals surface area contributed by atoms with Gasteiger partial charge < -0.3 is 10.6 Å². The Labute approximate surface area is 183 Å². The van der Waals surface area contributed by atoms with Gasteiger partial charge in [-0.15, -0.1) is 12.6 Å². The summed E-state index contributed by atoms with van der Waals surface area (Å²) >= 11 is 4.71. The summed E-state index contributed by atoms with van der Waals surface area (Å²) < 4.78 is 0. The van der Waals surface area contributed by atoms with Crippen LogP contribution in [0.25, 0.3) is 0 Å². The van der Waals surface area contributed by atoms with Crippen LogP contribution < -0.4 is 10.6 Å². The molecular formula is C25H38N2OS. The van der Waals surface area contributed by atoms with Gasteiger partial charge >= 0.3 is 6.03 Å². The molecule has 0 aromatic heterocycles. The van der Waals surface area contributed by atoms with Gasteiger partial charge in [0.15, 0.2) is 0 Å². The van der Waals surface area contributed by atoms with Crippen LogP contribution >= 0.6 is 12.6 Å². The minimum Gasteiger partial charge on any atom is -0.338 e. The van der Waals surface area contributed by atoms with Crippen molar-refractivity contribution in [1.82, 2.24) is 10.6 Å². The second-order valence-corrected chi connectivity index (χ2v) is 8.66. The number of nitrogens with one attached hydrogen (secondary N) is 2. The summed E-state index contributed by atoms with van der Waals surface area (Å²) in [6.45, 7) is 16.6. The first kappa shape index (κ1) is 25.1. The van der Waals surface area contributed by atoms with Crippen molar-refractivity contribution in [3.05, 3.63) is 64.7 Å². The van der Waals surface area contributed by atoms with Gasteiger partial charge in [-0.2, -0.15) is 0 Å². The Bertz CT molecular complexity index is 726. The van der Waals surface area contributed by atoms with E-state index in [1.807, 2.05) is 37.3 Å². The highest BCUT2D eigenvalue weighted by Gasteiger charge is 2.14. The third-order valence-corrected chi connectivity index (χ3v) is 5.25. The maximum atomic E-state index is 11.0. The number of hydrogen-bond donors (Lipinski definition) is 3. The molecule has 0 spiro atoms. The van der Waals surface area contributed by atoms with Crippen LogP contribution in [0.15, 0.2) is 47.4 Å². The molecule has 160 valence electrons. The maximum Gasteiger partial charge on any atom is 0.315 e. The van der Waals surface area contributed by atoms with Gasteiger partial charge in [0.05, 0.1) is 0 Å². The van der Waals surface area contributed by atoms with Gasteiger partial charge in [-0.25, -0.2) is 4.79 Å². The first-order valence-corrected chi connectivity index (χ1v) is 11.0. The lowest BCUT2D eigenvalue weighted by molar-refractivity contribution is 0.241. The zero-order valence-electron chi connectivity index (χ0n) is 19.0. The standard InChI is InChI=1S/C15H24S.C10H14N2O/c1-9(2)12-7-13(10(3)4)15(16)14(8-12)11(5)6;1-2-11-10(13)12-8-9-6-4-3-5-7-9/h7-11,16H,1-6H3;3-7H,2,8H2,1H3,(H2,11,12,13). The molecule has 2 amide bonds. The molecule has 0 bridgehead atoms. The number of rotatable bonds is 6. The molecule has 29 heavy (non-hydrogen) atoms. The molecule has 0 aliphatic heterocycles. The van der Waals surface area contributed by atoms with Crippen LogP contribution in [0.5, 0.6) is 0 Å². The van der Waals surface area contributed by atoms with Gasteiger partial charge in [0, 0.05) is 18.0 Å². The normalized spacial score (nSPS) is 10.7.